The summed E-state index contributed by atoms with van der Waals surface area (Å²) in [4.78, 5) is 22.4. The first-order valence-electron chi connectivity index (χ1n) is 6.61. The number of hydroxylamine groups is 2. The van der Waals surface area contributed by atoms with Crippen LogP contribution in [0.25, 0.3) is 0 Å². The first-order chi connectivity index (χ1) is 8.54. The van der Waals surface area contributed by atoms with Gasteiger partial charge >= 0.3 is 0 Å². The SMILES string of the molecule is CC1(C)CC(NC(=O)CCC(N)=O)CC(C)(C)N1O. The molecule has 0 spiro atoms. The number of rotatable bonds is 4. The van der Waals surface area contributed by atoms with Crippen molar-refractivity contribution in [2.45, 2.75) is 70.5 Å². The van der Waals surface area contributed by atoms with Crippen LogP contribution in [0.15, 0.2) is 0 Å². The van der Waals surface area contributed by atoms with Crippen LogP contribution in [0.3, 0.4) is 0 Å². The first kappa shape index (κ1) is 15.9. The molecule has 0 unspecified atom stereocenters. The summed E-state index contributed by atoms with van der Waals surface area (Å²) in [5.74, 6) is -0.636. The van der Waals surface area contributed by atoms with E-state index >= 15 is 0 Å². The lowest BCUT2D eigenvalue weighted by Crippen LogP contribution is -2.62. The summed E-state index contributed by atoms with van der Waals surface area (Å²) in [5, 5.41) is 14.4. The second-order valence-corrected chi connectivity index (χ2v) is 6.58. The molecule has 6 nitrogen and oxygen atoms in total. The molecule has 1 heterocycles. The van der Waals surface area contributed by atoms with Gasteiger partial charge in [-0.2, -0.15) is 5.06 Å². The van der Waals surface area contributed by atoms with Gasteiger partial charge in [-0.1, -0.05) is 0 Å². The summed E-state index contributed by atoms with van der Waals surface area (Å²) in [6, 6.07) is -0.00576. The van der Waals surface area contributed by atoms with Crippen LogP contribution in [0.4, 0.5) is 0 Å². The van der Waals surface area contributed by atoms with Crippen molar-refractivity contribution >= 4 is 11.8 Å². The number of carbonyl (C=O) groups excluding carboxylic acids is 2. The fourth-order valence-corrected chi connectivity index (χ4v) is 2.91. The van der Waals surface area contributed by atoms with Crippen LogP contribution in [-0.4, -0.2) is 39.2 Å². The third kappa shape index (κ3) is 4.18. The largest absolute Gasteiger partial charge is 0.370 e. The molecular weight excluding hydrogens is 246 g/mol. The van der Waals surface area contributed by atoms with Gasteiger partial charge in [0.05, 0.1) is 0 Å². The van der Waals surface area contributed by atoms with E-state index in [9.17, 15) is 14.8 Å². The Morgan fingerprint density at radius 1 is 1.21 bits per heavy atom. The lowest BCUT2D eigenvalue weighted by molar-refractivity contribution is -0.246. The number of nitrogens with zero attached hydrogens (tertiary/aromatic N) is 1. The zero-order chi connectivity index (χ0) is 14.8. The number of carbonyl (C=O) groups is 2. The van der Waals surface area contributed by atoms with Crippen LogP contribution in [0.2, 0.25) is 0 Å². The van der Waals surface area contributed by atoms with Gasteiger partial charge in [0.1, 0.15) is 0 Å². The molecule has 0 aliphatic carbocycles. The number of nitrogens with two attached hydrogens (primary N) is 1. The van der Waals surface area contributed by atoms with E-state index in [2.05, 4.69) is 5.32 Å². The van der Waals surface area contributed by atoms with E-state index in [-0.39, 0.29) is 24.8 Å². The highest BCUT2D eigenvalue weighted by Crippen LogP contribution is 2.36. The highest BCUT2D eigenvalue weighted by atomic mass is 16.5. The van der Waals surface area contributed by atoms with Crippen molar-refractivity contribution in [1.82, 2.24) is 10.4 Å². The third-order valence-electron chi connectivity index (χ3n) is 3.60. The zero-order valence-corrected chi connectivity index (χ0v) is 12.2. The Hall–Kier alpha value is -1.14. The highest BCUT2D eigenvalue weighted by Gasteiger charge is 2.45. The van der Waals surface area contributed by atoms with Gasteiger partial charge in [0.2, 0.25) is 11.8 Å². The summed E-state index contributed by atoms with van der Waals surface area (Å²) in [6.45, 7) is 7.76. The average Bonchev–Trinajstić information content (AvgIpc) is 2.22. The summed E-state index contributed by atoms with van der Waals surface area (Å²) >= 11 is 0. The molecule has 0 saturated carbocycles. The Morgan fingerprint density at radius 2 is 1.68 bits per heavy atom. The van der Waals surface area contributed by atoms with E-state index in [1.807, 2.05) is 27.7 Å². The molecule has 19 heavy (non-hydrogen) atoms. The van der Waals surface area contributed by atoms with Gasteiger partial charge in [-0.3, -0.25) is 9.59 Å². The number of hydrogen-bond acceptors (Lipinski definition) is 4. The molecule has 110 valence electrons. The van der Waals surface area contributed by atoms with Crippen molar-refractivity contribution in [3.8, 4) is 0 Å². The summed E-state index contributed by atoms with van der Waals surface area (Å²) in [6.07, 6.45) is 1.51. The van der Waals surface area contributed by atoms with Gasteiger partial charge in [-0.15, -0.1) is 0 Å². The van der Waals surface area contributed by atoms with Crippen LogP contribution < -0.4 is 11.1 Å². The van der Waals surface area contributed by atoms with E-state index in [1.54, 1.807) is 0 Å². The minimum atomic E-state index is -0.471. The molecule has 1 aliphatic rings. The molecule has 0 aromatic heterocycles. The predicted molar refractivity (Wildman–Crippen MR) is 71.4 cm³/mol. The van der Waals surface area contributed by atoms with E-state index in [0.717, 1.165) is 0 Å². The van der Waals surface area contributed by atoms with Gasteiger partial charge in [-0.25, -0.2) is 0 Å². The fraction of sp³-hybridized carbons (Fsp3) is 0.846. The van der Waals surface area contributed by atoms with Crippen molar-refractivity contribution < 1.29 is 14.8 Å². The third-order valence-corrected chi connectivity index (χ3v) is 3.60. The van der Waals surface area contributed by atoms with Crippen molar-refractivity contribution in [3.05, 3.63) is 0 Å². The molecule has 0 aromatic carbocycles. The number of primary amides is 1. The standard InChI is InChI=1S/C13H25N3O3/c1-12(2)7-9(8-13(3,4)16(12)19)15-11(18)6-5-10(14)17/h9,19H,5-8H2,1-4H3,(H2,14,17)(H,15,18). The first-order valence-corrected chi connectivity index (χ1v) is 6.61. The van der Waals surface area contributed by atoms with Crippen molar-refractivity contribution in [3.63, 3.8) is 0 Å². The van der Waals surface area contributed by atoms with Gasteiger partial charge < -0.3 is 16.3 Å². The summed E-state index contributed by atoms with van der Waals surface area (Å²) in [5.41, 5.74) is 4.22. The molecule has 1 aliphatic heterocycles. The molecule has 1 rings (SSSR count). The minimum absolute atomic E-state index is 0.00576. The molecule has 1 saturated heterocycles. The Kier molecular flexibility index (Phi) is 4.58. The molecular formula is C13H25N3O3. The average molecular weight is 271 g/mol. The van der Waals surface area contributed by atoms with Crippen molar-refractivity contribution in [2.24, 2.45) is 5.73 Å². The second kappa shape index (κ2) is 5.46. The Bertz CT molecular complexity index is 348. The lowest BCUT2D eigenvalue weighted by Gasteiger charge is -2.51. The maximum atomic E-state index is 11.7. The van der Waals surface area contributed by atoms with Crippen LogP contribution in [0, 0.1) is 0 Å². The van der Waals surface area contributed by atoms with Gasteiger partial charge in [-0.05, 0) is 40.5 Å². The molecule has 0 aromatic rings. The van der Waals surface area contributed by atoms with Gasteiger partial charge in [0.25, 0.3) is 0 Å². The van der Waals surface area contributed by atoms with Gasteiger partial charge in [0.15, 0.2) is 0 Å². The number of nitrogens with one attached hydrogen (secondary N) is 1. The smallest absolute Gasteiger partial charge is 0.220 e. The van der Waals surface area contributed by atoms with Crippen LogP contribution in [-0.2, 0) is 9.59 Å². The molecule has 1 fully saturated rings. The maximum Gasteiger partial charge on any atom is 0.220 e. The van der Waals surface area contributed by atoms with Crippen LogP contribution in [0.5, 0.6) is 0 Å². The van der Waals surface area contributed by atoms with Crippen molar-refractivity contribution in [2.75, 3.05) is 0 Å². The molecule has 0 radical (unpaired) electrons. The minimum Gasteiger partial charge on any atom is -0.370 e. The Balaban J connectivity index is 2.60. The normalized spacial score (nSPS) is 23.0. The Labute approximate surface area is 114 Å². The summed E-state index contributed by atoms with van der Waals surface area (Å²) in [7, 11) is 0. The van der Waals surface area contributed by atoms with E-state index in [4.69, 9.17) is 5.73 Å². The molecule has 0 bridgehead atoms. The lowest BCUT2D eigenvalue weighted by atomic mass is 9.79. The second-order valence-electron chi connectivity index (χ2n) is 6.58. The van der Waals surface area contributed by atoms with Gasteiger partial charge in [0, 0.05) is 30.0 Å². The van der Waals surface area contributed by atoms with E-state index in [0.29, 0.717) is 12.8 Å². The van der Waals surface area contributed by atoms with Crippen LogP contribution in [0.1, 0.15) is 53.4 Å². The maximum absolute atomic E-state index is 11.7. The predicted octanol–water partition coefficient (Wildman–Crippen LogP) is 0.779. The van der Waals surface area contributed by atoms with Crippen molar-refractivity contribution in [1.29, 1.82) is 0 Å². The van der Waals surface area contributed by atoms with E-state index < -0.39 is 17.0 Å². The highest BCUT2D eigenvalue weighted by molar-refractivity contribution is 5.82. The molecule has 6 heteroatoms. The number of amides is 2. The van der Waals surface area contributed by atoms with E-state index in [1.165, 1.54) is 5.06 Å². The number of piperidine rings is 1. The quantitative estimate of drug-likeness (QED) is 0.704. The molecule has 4 N–H and O–H groups in total. The summed E-state index contributed by atoms with van der Waals surface area (Å²) < 4.78 is 0. The topological polar surface area (TPSA) is 95.7 Å². The Morgan fingerprint density at radius 3 is 2.11 bits per heavy atom. The monoisotopic (exact) mass is 271 g/mol. The fourth-order valence-electron chi connectivity index (χ4n) is 2.91. The number of hydrogen-bond donors (Lipinski definition) is 3. The molecule has 0 atom stereocenters. The van der Waals surface area contributed by atoms with Crippen LogP contribution >= 0.6 is 0 Å². The zero-order valence-electron chi connectivity index (χ0n) is 12.2. The molecule has 2 amide bonds.